The maximum atomic E-state index is 11.1. The summed E-state index contributed by atoms with van der Waals surface area (Å²) >= 11 is 0. The number of hydrogen-bond acceptors (Lipinski definition) is 4. The Bertz CT molecular complexity index is 1070. The molecule has 0 radical (unpaired) electrons. The van der Waals surface area contributed by atoms with Gasteiger partial charge in [-0.3, -0.25) is 4.98 Å². The Balaban J connectivity index is 0.00000272. The molecule has 0 saturated heterocycles. The van der Waals surface area contributed by atoms with Gasteiger partial charge in [-0.1, -0.05) is 43.7 Å². The maximum absolute atomic E-state index is 11.1. The van der Waals surface area contributed by atoms with Gasteiger partial charge in [0.05, 0.1) is 5.56 Å². The van der Waals surface area contributed by atoms with Crippen molar-refractivity contribution in [2.75, 3.05) is 0 Å². The fraction of sp³-hybridized carbons (Fsp3) is 0.308. The van der Waals surface area contributed by atoms with Gasteiger partial charge in [0, 0.05) is 23.5 Å². The monoisotopic (exact) mass is 490 g/mol. The van der Waals surface area contributed by atoms with E-state index in [9.17, 15) is 4.79 Å². The summed E-state index contributed by atoms with van der Waals surface area (Å²) in [7, 11) is 0. The zero-order chi connectivity index (χ0) is 22.5. The summed E-state index contributed by atoms with van der Waals surface area (Å²) in [6, 6.07) is 14.9. The van der Waals surface area contributed by atoms with Gasteiger partial charge in [0.2, 0.25) is 0 Å². The molecule has 3 aromatic rings. The lowest BCUT2D eigenvalue weighted by molar-refractivity contribution is 0.0697. The molecule has 33 heavy (non-hydrogen) atoms. The molecule has 0 aliphatic heterocycles. The van der Waals surface area contributed by atoms with Gasteiger partial charge in [0.15, 0.2) is 0 Å². The zero-order valence-corrected chi connectivity index (χ0v) is 21.1. The third kappa shape index (κ3) is 6.94. The van der Waals surface area contributed by atoms with Crippen molar-refractivity contribution in [3.63, 3.8) is 0 Å². The van der Waals surface area contributed by atoms with Crippen molar-refractivity contribution in [3.8, 4) is 16.9 Å². The molecule has 7 heteroatoms. The summed E-state index contributed by atoms with van der Waals surface area (Å²) in [5.74, 6) is 0.124. The number of aromatic carboxylic acids is 1. The first-order valence-electron chi connectivity index (χ1n) is 10.5. The van der Waals surface area contributed by atoms with Crippen molar-refractivity contribution in [1.29, 1.82) is 0 Å². The largest absolute Gasteiger partial charge is 0.489 e. The fourth-order valence-corrected chi connectivity index (χ4v) is 3.71. The fourth-order valence-electron chi connectivity index (χ4n) is 3.71. The van der Waals surface area contributed by atoms with Crippen LogP contribution >= 0.6 is 24.8 Å². The van der Waals surface area contributed by atoms with Crippen LogP contribution in [0.1, 0.15) is 52.3 Å². The minimum atomic E-state index is -0.957. The lowest BCUT2D eigenvalue weighted by atomic mass is 9.90. The number of pyridine rings is 1. The van der Waals surface area contributed by atoms with Gasteiger partial charge in [-0.15, -0.1) is 24.8 Å². The van der Waals surface area contributed by atoms with Crippen LogP contribution in [0, 0.1) is 19.8 Å². The van der Waals surface area contributed by atoms with Crippen LogP contribution in [0.5, 0.6) is 5.75 Å². The molecule has 0 fully saturated rings. The summed E-state index contributed by atoms with van der Waals surface area (Å²) < 4.78 is 6.04. The van der Waals surface area contributed by atoms with E-state index < -0.39 is 5.97 Å². The molecule has 0 aliphatic rings. The van der Waals surface area contributed by atoms with Crippen molar-refractivity contribution in [2.24, 2.45) is 11.7 Å². The summed E-state index contributed by atoms with van der Waals surface area (Å²) in [4.78, 5) is 16.0. The average Bonchev–Trinajstić information content (AvgIpc) is 2.73. The summed E-state index contributed by atoms with van der Waals surface area (Å²) in [6.07, 6.45) is 0.865. The normalized spacial score (nSPS) is 10.4. The number of nitrogens with zero attached hydrogens (tertiary/aromatic N) is 1. The number of rotatable bonds is 8. The van der Waals surface area contributed by atoms with E-state index in [1.54, 1.807) is 24.3 Å². The molecule has 0 amide bonds. The first-order chi connectivity index (χ1) is 14.8. The van der Waals surface area contributed by atoms with E-state index in [-0.39, 0.29) is 30.4 Å². The summed E-state index contributed by atoms with van der Waals surface area (Å²) in [6.45, 7) is 9.16. The molecule has 3 rings (SSSR count). The van der Waals surface area contributed by atoms with E-state index in [0.29, 0.717) is 24.8 Å². The van der Waals surface area contributed by atoms with E-state index in [0.717, 1.165) is 40.1 Å². The Kier molecular flexibility index (Phi) is 10.8. The topological polar surface area (TPSA) is 85.4 Å². The van der Waals surface area contributed by atoms with Gasteiger partial charge in [0.25, 0.3) is 0 Å². The molecule has 3 N–H and O–H groups in total. The quantitative estimate of drug-likeness (QED) is 0.395. The molecule has 0 aliphatic carbocycles. The smallest absolute Gasteiger partial charge is 0.335 e. The third-order valence-corrected chi connectivity index (χ3v) is 5.32. The number of benzene rings is 2. The highest BCUT2D eigenvalue weighted by Gasteiger charge is 2.19. The lowest BCUT2D eigenvalue weighted by Crippen LogP contribution is -2.14. The lowest BCUT2D eigenvalue weighted by Gasteiger charge is -2.21. The van der Waals surface area contributed by atoms with E-state index in [2.05, 4.69) is 45.0 Å². The highest BCUT2D eigenvalue weighted by molar-refractivity contribution is 5.87. The number of carboxylic acid groups (broad SMARTS) is 1. The van der Waals surface area contributed by atoms with E-state index in [1.807, 2.05) is 6.92 Å². The maximum Gasteiger partial charge on any atom is 0.335 e. The molecular formula is C26H32Cl2N2O3. The molecular weight excluding hydrogens is 459 g/mol. The van der Waals surface area contributed by atoms with Gasteiger partial charge >= 0.3 is 5.97 Å². The van der Waals surface area contributed by atoms with Crippen LogP contribution in [-0.4, -0.2) is 16.1 Å². The predicted molar refractivity (Wildman–Crippen MR) is 138 cm³/mol. The molecule has 0 unspecified atom stereocenters. The third-order valence-electron chi connectivity index (χ3n) is 5.32. The molecule has 1 aromatic heterocycles. The van der Waals surface area contributed by atoms with Crippen molar-refractivity contribution >= 4 is 30.8 Å². The van der Waals surface area contributed by atoms with Crippen LogP contribution in [0.3, 0.4) is 0 Å². The molecule has 178 valence electrons. The molecule has 0 atom stereocenters. The number of ether oxygens (including phenoxy) is 1. The van der Waals surface area contributed by atoms with Crippen LogP contribution in [0.2, 0.25) is 0 Å². The minimum Gasteiger partial charge on any atom is -0.489 e. The molecule has 0 bridgehead atoms. The second-order valence-electron chi connectivity index (χ2n) is 8.26. The number of halogens is 2. The van der Waals surface area contributed by atoms with E-state index in [4.69, 9.17) is 20.6 Å². The number of hydrogen-bond donors (Lipinski definition) is 2. The first-order valence-corrected chi connectivity index (χ1v) is 10.5. The van der Waals surface area contributed by atoms with Crippen LogP contribution < -0.4 is 10.5 Å². The van der Waals surface area contributed by atoms with Crippen molar-refractivity contribution in [1.82, 2.24) is 4.98 Å². The van der Waals surface area contributed by atoms with E-state index in [1.165, 1.54) is 5.56 Å². The molecule has 1 heterocycles. The van der Waals surface area contributed by atoms with Crippen LogP contribution in [0.25, 0.3) is 11.1 Å². The number of aromatic nitrogens is 1. The number of carboxylic acids is 1. The zero-order valence-electron chi connectivity index (χ0n) is 19.4. The SMILES string of the molecule is Cc1ccc(-c2c(COc3ccc(C(=O)O)cc3)c(C)nc(CC(C)C)c2CN)cc1.Cl.Cl. The standard InChI is InChI=1S/C26H30N2O3.2ClH/c1-16(2)13-24-22(14-27)25(19-7-5-17(3)6-8-19)23(18(4)28-24)15-31-21-11-9-20(10-12-21)26(29)30;;/h5-12,16H,13-15,27H2,1-4H3,(H,29,30);2*1H. The highest BCUT2D eigenvalue weighted by atomic mass is 35.5. The second kappa shape index (κ2) is 12.6. The summed E-state index contributed by atoms with van der Waals surface area (Å²) in [5.41, 5.74) is 13.9. The van der Waals surface area contributed by atoms with Crippen LogP contribution in [0.15, 0.2) is 48.5 Å². The molecule has 0 spiro atoms. The Hall–Kier alpha value is -2.60. The van der Waals surface area contributed by atoms with E-state index >= 15 is 0 Å². The predicted octanol–water partition coefficient (Wildman–Crippen LogP) is 6.14. The molecule has 0 saturated carbocycles. The van der Waals surface area contributed by atoms with Crippen molar-refractivity contribution < 1.29 is 14.6 Å². The van der Waals surface area contributed by atoms with Gasteiger partial charge in [-0.25, -0.2) is 4.79 Å². The van der Waals surface area contributed by atoms with Gasteiger partial charge in [-0.05, 0) is 67.1 Å². The van der Waals surface area contributed by atoms with Gasteiger partial charge < -0.3 is 15.6 Å². The van der Waals surface area contributed by atoms with Crippen LogP contribution in [0.4, 0.5) is 0 Å². The van der Waals surface area contributed by atoms with Crippen molar-refractivity contribution in [3.05, 3.63) is 82.2 Å². The Morgan fingerprint density at radius 1 is 1.00 bits per heavy atom. The van der Waals surface area contributed by atoms with Crippen LogP contribution in [-0.2, 0) is 19.6 Å². The average molecular weight is 491 g/mol. The Morgan fingerprint density at radius 3 is 2.12 bits per heavy atom. The Labute approximate surface area is 208 Å². The number of carbonyl (C=O) groups is 1. The minimum absolute atomic E-state index is 0. The Morgan fingerprint density at radius 2 is 1.61 bits per heavy atom. The number of nitrogens with two attached hydrogens (primary N) is 1. The van der Waals surface area contributed by atoms with Crippen molar-refractivity contribution in [2.45, 2.75) is 47.3 Å². The highest BCUT2D eigenvalue weighted by Crippen LogP contribution is 2.33. The first kappa shape index (κ1) is 28.4. The second-order valence-corrected chi connectivity index (χ2v) is 8.26. The van der Waals surface area contributed by atoms with Gasteiger partial charge in [-0.2, -0.15) is 0 Å². The number of aryl methyl sites for hydroxylation is 2. The van der Waals surface area contributed by atoms with Gasteiger partial charge in [0.1, 0.15) is 12.4 Å². The summed E-state index contributed by atoms with van der Waals surface area (Å²) in [5, 5.41) is 9.09. The molecule has 5 nitrogen and oxygen atoms in total. The molecule has 2 aromatic carbocycles.